The maximum Gasteiger partial charge on any atom is 0.255 e. The van der Waals surface area contributed by atoms with Crippen molar-refractivity contribution in [3.05, 3.63) is 65.4 Å². The van der Waals surface area contributed by atoms with Crippen LogP contribution in [0.3, 0.4) is 0 Å². The lowest BCUT2D eigenvalue weighted by molar-refractivity contribution is 0.102. The topological polar surface area (TPSA) is 59.8 Å². The predicted octanol–water partition coefficient (Wildman–Crippen LogP) is 4.20. The van der Waals surface area contributed by atoms with Crippen LogP contribution in [0.5, 0.6) is 0 Å². The minimum Gasteiger partial charge on any atom is -0.317 e. The third kappa shape index (κ3) is 3.69. The van der Waals surface area contributed by atoms with E-state index in [1.807, 2.05) is 13.8 Å². The molecule has 0 spiro atoms. The lowest BCUT2D eigenvalue weighted by atomic mass is 10.1. The molecule has 1 aromatic carbocycles. The van der Waals surface area contributed by atoms with Crippen LogP contribution in [0.4, 0.5) is 18.9 Å². The van der Waals surface area contributed by atoms with E-state index in [-0.39, 0.29) is 5.56 Å². The number of carbonyl (C=O) groups excluding carboxylic acids is 1. The molecule has 3 aromatic rings. The highest BCUT2D eigenvalue weighted by Gasteiger charge is 2.17. The minimum atomic E-state index is -1.01. The highest BCUT2D eigenvalue weighted by molar-refractivity contribution is 6.04. The molecule has 0 fully saturated rings. The smallest absolute Gasteiger partial charge is 0.255 e. The molecule has 5 nitrogen and oxygen atoms in total. The average Bonchev–Trinajstić information content (AvgIpc) is 3.08. The monoisotopic (exact) mass is 374 g/mol. The van der Waals surface area contributed by atoms with E-state index in [0.29, 0.717) is 24.2 Å². The molecule has 0 bridgehead atoms. The van der Waals surface area contributed by atoms with Gasteiger partial charge in [0, 0.05) is 17.7 Å². The summed E-state index contributed by atoms with van der Waals surface area (Å²) < 4.78 is 43.5. The van der Waals surface area contributed by atoms with Gasteiger partial charge < -0.3 is 5.32 Å². The molecule has 0 saturated heterocycles. The van der Waals surface area contributed by atoms with Crippen molar-refractivity contribution in [3.8, 4) is 11.3 Å². The molecule has 0 unspecified atom stereocenters. The van der Waals surface area contributed by atoms with Crippen LogP contribution in [-0.2, 0) is 13.0 Å². The van der Waals surface area contributed by atoms with Crippen molar-refractivity contribution >= 4 is 11.6 Å². The highest BCUT2D eigenvalue weighted by Crippen LogP contribution is 2.26. The number of pyridine rings is 1. The summed E-state index contributed by atoms with van der Waals surface area (Å²) in [7, 11) is 0. The Morgan fingerprint density at radius 1 is 1.07 bits per heavy atom. The van der Waals surface area contributed by atoms with Gasteiger partial charge in [-0.1, -0.05) is 6.92 Å². The van der Waals surface area contributed by atoms with Gasteiger partial charge in [0.25, 0.3) is 5.91 Å². The van der Waals surface area contributed by atoms with E-state index in [1.165, 1.54) is 12.1 Å². The Hall–Kier alpha value is -3.16. The van der Waals surface area contributed by atoms with Crippen molar-refractivity contribution in [1.29, 1.82) is 0 Å². The Balaban J connectivity index is 1.91. The second-order valence-electron chi connectivity index (χ2n) is 5.82. The van der Waals surface area contributed by atoms with Crippen molar-refractivity contribution in [1.82, 2.24) is 14.8 Å². The number of hydrogen-bond acceptors (Lipinski definition) is 3. The summed E-state index contributed by atoms with van der Waals surface area (Å²) in [4.78, 5) is 15.6. The number of hydrogen-bond donors (Lipinski definition) is 1. The van der Waals surface area contributed by atoms with Gasteiger partial charge in [0.1, 0.15) is 11.5 Å². The first-order valence-electron chi connectivity index (χ1n) is 8.41. The number of rotatable bonds is 5. The number of carbonyl (C=O) groups is 1. The molecule has 8 heteroatoms. The normalized spacial score (nSPS) is 10.9. The maximum absolute atomic E-state index is 14.6. The van der Waals surface area contributed by atoms with E-state index in [1.54, 1.807) is 10.7 Å². The summed E-state index contributed by atoms with van der Waals surface area (Å²) >= 11 is 0. The fourth-order valence-corrected chi connectivity index (χ4v) is 2.68. The Bertz CT molecular complexity index is 980. The van der Waals surface area contributed by atoms with Crippen LogP contribution in [0, 0.1) is 17.5 Å². The van der Waals surface area contributed by atoms with Gasteiger partial charge in [-0.3, -0.25) is 14.5 Å². The number of nitrogens with one attached hydrogen (secondary N) is 1. The summed E-state index contributed by atoms with van der Waals surface area (Å²) in [5.41, 5.74) is 1.03. The highest BCUT2D eigenvalue weighted by atomic mass is 19.1. The van der Waals surface area contributed by atoms with E-state index in [4.69, 9.17) is 0 Å². The number of nitrogens with zero attached hydrogens (tertiary/aromatic N) is 3. The Morgan fingerprint density at radius 3 is 2.37 bits per heavy atom. The number of aryl methyl sites for hydroxylation is 2. The molecule has 140 valence electrons. The van der Waals surface area contributed by atoms with Crippen molar-refractivity contribution in [2.45, 2.75) is 26.8 Å². The first-order valence-corrected chi connectivity index (χ1v) is 8.41. The van der Waals surface area contributed by atoms with E-state index in [0.717, 1.165) is 24.2 Å². The van der Waals surface area contributed by atoms with Gasteiger partial charge in [-0.2, -0.15) is 5.10 Å². The van der Waals surface area contributed by atoms with E-state index < -0.39 is 29.0 Å². The molecule has 0 atom stereocenters. The lowest BCUT2D eigenvalue weighted by Gasteiger charge is -2.09. The maximum atomic E-state index is 14.6. The van der Waals surface area contributed by atoms with Gasteiger partial charge in [0.2, 0.25) is 0 Å². The zero-order valence-corrected chi connectivity index (χ0v) is 14.8. The first-order chi connectivity index (χ1) is 12.9. The van der Waals surface area contributed by atoms with Crippen LogP contribution in [0.2, 0.25) is 0 Å². The number of halogens is 3. The SMILES string of the molecule is CCc1cc(-c2ccc(C(=O)Nc3c(F)cncc3F)cc2F)n(CC)n1. The number of aromatic nitrogens is 3. The lowest BCUT2D eigenvalue weighted by Crippen LogP contribution is -2.15. The van der Waals surface area contributed by atoms with Gasteiger partial charge in [-0.25, -0.2) is 13.2 Å². The van der Waals surface area contributed by atoms with Crippen LogP contribution < -0.4 is 5.32 Å². The Kier molecular flexibility index (Phi) is 5.25. The van der Waals surface area contributed by atoms with E-state index in [2.05, 4.69) is 15.4 Å². The van der Waals surface area contributed by atoms with Gasteiger partial charge in [-0.05, 0) is 37.6 Å². The summed E-state index contributed by atoms with van der Waals surface area (Å²) in [5, 5.41) is 6.48. The van der Waals surface area contributed by atoms with Crippen LogP contribution in [-0.4, -0.2) is 20.7 Å². The molecule has 2 heterocycles. The molecule has 0 aliphatic rings. The third-order valence-electron chi connectivity index (χ3n) is 4.09. The summed E-state index contributed by atoms with van der Waals surface area (Å²) in [6, 6.07) is 5.67. The molecule has 27 heavy (non-hydrogen) atoms. The largest absolute Gasteiger partial charge is 0.317 e. The van der Waals surface area contributed by atoms with Crippen molar-refractivity contribution in [2.75, 3.05) is 5.32 Å². The molecule has 1 N–H and O–H groups in total. The zero-order valence-electron chi connectivity index (χ0n) is 14.8. The number of anilines is 1. The molecule has 0 aliphatic heterocycles. The fraction of sp³-hybridized carbons (Fsp3) is 0.211. The Morgan fingerprint density at radius 2 is 1.78 bits per heavy atom. The predicted molar refractivity (Wildman–Crippen MR) is 94.8 cm³/mol. The summed E-state index contributed by atoms with van der Waals surface area (Å²) in [5.74, 6) is -3.49. The second kappa shape index (κ2) is 7.61. The molecule has 0 saturated carbocycles. The molecule has 3 rings (SSSR count). The Labute approximate surface area is 153 Å². The van der Waals surface area contributed by atoms with Crippen molar-refractivity contribution in [2.24, 2.45) is 0 Å². The molecule has 0 radical (unpaired) electrons. The third-order valence-corrected chi connectivity index (χ3v) is 4.09. The first kappa shape index (κ1) is 18.6. The summed E-state index contributed by atoms with van der Waals surface area (Å²) in [6.07, 6.45) is 2.27. The van der Waals surface area contributed by atoms with Gasteiger partial charge in [0.05, 0.1) is 23.8 Å². The summed E-state index contributed by atoms with van der Waals surface area (Å²) in [6.45, 7) is 4.42. The zero-order chi connectivity index (χ0) is 19.6. The van der Waals surface area contributed by atoms with E-state index >= 15 is 0 Å². The standard InChI is InChI=1S/C19H17F3N4O/c1-3-12-8-17(26(4-2)25-12)13-6-5-11(7-14(13)20)19(27)24-18-15(21)9-23-10-16(18)22/h5-10H,3-4H2,1-2H3,(H,23,24,27). The molecular formula is C19H17F3N4O. The quantitative estimate of drug-likeness (QED) is 0.728. The van der Waals surface area contributed by atoms with Crippen molar-refractivity contribution < 1.29 is 18.0 Å². The van der Waals surface area contributed by atoms with Gasteiger partial charge >= 0.3 is 0 Å². The van der Waals surface area contributed by atoms with Crippen LogP contribution in [0.15, 0.2) is 36.7 Å². The van der Waals surface area contributed by atoms with Gasteiger partial charge in [0.15, 0.2) is 11.6 Å². The number of amides is 1. The number of benzene rings is 1. The molecule has 2 aromatic heterocycles. The molecular weight excluding hydrogens is 357 g/mol. The molecule has 0 aliphatic carbocycles. The van der Waals surface area contributed by atoms with Crippen LogP contribution in [0.1, 0.15) is 29.9 Å². The van der Waals surface area contributed by atoms with Crippen LogP contribution in [0.25, 0.3) is 11.3 Å². The minimum absolute atomic E-state index is 0.0647. The van der Waals surface area contributed by atoms with E-state index in [9.17, 15) is 18.0 Å². The average molecular weight is 374 g/mol. The second-order valence-corrected chi connectivity index (χ2v) is 5.82. The molecule has 1 amide bonds. The van der Waals surface area contributed by atoms with Crippen LogP contribution >= 0.6 is 0 Å². The van der Waals surface area contributed by atoms with Crippen molar-refractivity contribution in [3.63, 3.8) is 0 Å². The van der Waals surface area contributed by atoms with Gasteiger partial charge in [-0.15, -0.1) is 0 Å². The fourth-order valence-electron chi connectivity index (χ4n) is 2.68.